The largest absolute Gasteiger partial charge is 0.397 e. The zero-order valence-electron chi connectivity index (χ0n) is 10.8. The summed E-state index contributed by atoms with van der Waals surface area (Å²) in [6.45, 7) is 0. The smallest absolute Gasteiger partial charge is 0.139 e. The van der Waals surface area contributed by atoms with Crippen LogP contribution in [0, 0.1) is 5.82 Å². The van der Waals surface area contributed by atoms with Crippen LogP contribution < -0.4 is 11.1 Å². The molecule has 106 valence electrons. The van der Waals surface area contributed by atoms with E-state index in [1.807, 2.05) is 36.4 Å². The maximum absolute atomic E-state index is 13.7. The van der Waals surface area contributed by atoms with E-state index in [2.05, 4.69) is 37.2 Å². The van der Waals surface area contributed by atoms with Crippen LogP contribution in [0.4, 0.5) is 21.5 Å². The predicted octanol–water partition coefficient (Wildman–Crippen LogP) is 5.83. The number of fused-ring (bicyclic) bond motifs is 1. The number of nitrogen functional groups attached to an aromatic ring is 1. The number of halogens is 3. The lowest BCUT2D eigenvalue weighted by molar-refractivity contribution is 0.622. The lowest BCUT2D eigenvalue weighted by atomic mass is 10.1. The Labute approximate surface area is 138 Å². The lowest BCUT2D eigenvalue weighted by Gasteiger charge is -2.13. The third-order valence-corrected chi connectivity index (χ3v) is 4.53. The molecule has 0 radical (unpaired) electrons. The predicted molar refractivity (Wildman–Crippen MR) is 93.4 cm³/mol. The van der Waals surface area contributed by atoms with Crippen molar-refractivity contribution in [2.45, 2.75) is 0 Å². The Morgan fingerprint density at radius 2 is 1.57 bits per heavy atom. The third kappa shape index (κ3) is 2.76. The van der Waals surface area contributed by atoms with Gasteiger partial charge in [-0.25, -0.2) is 4.39 Å². The third-order valence-electron chi connectivity index (χ3n) is 3.23. The van der Waals surface area contributed by atoms with Crippen molar-refractivity contribution < 1.29 is 4.39 Å². The minimum atomic E-state index is -0.354. The van der Waals surface area contributed by atoms with E-state index < -0.39 is 0 Å². The van der Waals surface area contributed by atoms with Crippen molar-refractivity contribution in [1.29, 1.82) is 0 Å². The summed E-state index contributed by atoms with van der Waals surface area (Å²) in [5.41, 5.74) is 7.85. The van der Waals surface area contributed by atoms with Gasteiger partial charge in [-0.3, -0.25) is 0 Å². The molecule has 0 spiro atoms. The number of rotatable bonds is 2. The SMILES string of the molecule is Nc1cc(Br)c(F)cc1Nc1ccc(Br)c2ccccc12. The average molecular weight is 410 g/mol. The van der Waals surface area contributed by atoms with Gasteiger partial charge in [0, 0.05) is 21.6 Å². The molecule has 0 bridgehead atoms. The molecule has 0 fully saturated rings. The zero-order chi connectivity index (χ0) is 15.0. The van der Waals surface area contributed by atoms with E-state index in [9.17, 15) is 4.39 Å². The van der Waals surface area contributed by atoms with E-state index >= 15 is 0 Å². The summed E-state index contributed by atoms with van der Waals surface area (Å²) < 4.78 is 15.1. The van der Waals surface area contributed by atoms with Gasteiger partial charge in [0.15, 0.2) is 0 Å². The fourth-order valence-electron chi connectivity index (χ4n) is 2.19. The van der Waals surface area contributed by atoms with Gasteiger partial charge >= 0.3 is 0 Å². The molecule has 0 saturated heterocycles. The quantitative estimate of drug-likeness (QED) is 0.522. The molecule has 0 aliphatic carbocycles. The van der Waals surface area contributed by atoms with E-state index in [1.54, 1.807) is 6.07 Å². The van der Waals surface area contributed by atoms with Gasteiger partial charge < -0.3 is 11.1 Å². The van der Waals surface area contributed by atoms with Crippen LogP contribution in [0.3, 0.4) is 0 Å². The number of anilines is 3. The molecule has 3 aromatic carbocycles. The average Bonchev–Trinajstić information content (AvgIpc) is 2.48. The molecule has 0 heterocycles. The number of benzene rings is 3. The van der Waals surface area contributed by atoms with Crippen LogP contribution in [0.2, 0.25) is 0 Å². The van der Waals surface area contributed by atoms with Gasteiger partial charge in [-0.2, -0.15) is 0 Å². The van der Waals surface area contributed by atoms with Crippen LogP contribution in [-0.4, -0.2) is 0 Å². The van der Waals surface area contributed by atoms with Crippen LogP contribution in [0.15, 0.2) is 57.5 Å². The van der Waals surface area contributed by atoms with Crippen molar-refractivity contribution in [3.63, 3.8) is 0 Å². The van der Waals surface area contributed by atoms with Crippen LogP contribution in [0.25, 0.3) is 10.8 Å². The molecule has 0 amide bonds. The normalized spacial score (nSPS) is 10.8. The highest BCUT2D eigenvalue weighted by Crippen LogP contribution is 2.34. The first-order valence-corrected chi connectivity index (χ1v) is 7.83. The summed E-state index contributed by atoms with van der Waals surface area (Å²) >= 11 is 6.66. The van der Waals surface area contributed by atoms with Gasteiger partial charge in [-0.1, -0.05) is 40.2 Å². The highest BCUT2D eigenvalue weighted by molar-refractivity contribution is 9.11. The molecule has 0 aliphatic heterocycles. The van der Waals surface area contributed by atoms with Crippen molar-refractivity contribution in [1.82, 2.24) is 0 Å². The van der Waals surface area contributed by atoms with E-state index in [-0.39, 0.29) is 5.82 Å². The minimum absolute atomic E-state index is 0.353. The maximum Gasteiger partial charge on any atom is 0.139 e. The highest BCUT2D eigenvalue weighted by atomic mass is 79.9. The molecule has 0 aliphatic rings. The van der Waals surface area contributed by atoms with Gasteiger partial charge in [-0.05, 0) is 39.5 Å². The van der Waals surface area contributed by atoms with Gasteiger partial charge in [-0.15, -0.1) is 0 Å². The molecule has 21 heavy (non-hydrogen) atoms. The monoisotopic (exact) mass is 408 g/mol. The Morgan fingerprint density at radius 1 is 0.857 bits per heavy atom. The maximum atomic E-state index is 13.7. The first-order valence-electron chi connectivity index (χ1n) is 6.25. The zero-order valence-corrected chi connectivity index (χ0v) is 14.0. The topological polar surface area (TPSA) is 38.0 Å². The van der Waals surface area contributed by atoms with Crippen molar-refractivity contribution in [2.75, 3.05) is 11.1 Å². The molecule has 0 aromatic heterocycles. The Balaban J connectivity index is 2.11. The molecule has 5 heteroatoms. The summed E-state index contributed by atoms with van der Waals surface area (Å²) in [5, 5.41) is 5.32. The highest BCUT2D eigenvalue weighted by Gasteiger charge is 2.09. The minimum Gasteiger partial charge on any atom is -0.397 e. The molecule has 0 saturated carbocycles. The molecular formula is C16H11Br2FN2. The first-order chi connectivity index (χ1) is 10.1. The van der Waals surface area contributed by atoms with Crippen LogP contribution >= 0.6 is 31.9 Å². The van der Waals surface area contributed by atoms with Crippen molar-refractivity contribution >= 4 is 59.7 Å². The number of nitrogens with one attached hydrogen (secondary N) is 1. The summed E-state index contributed by atoms with van der Waals surface area (Å²) in [7, 11) is 0. The van der Waals surface area contributed by atoms with Crippen LogP contribution in [0.5, 0.6) is 0 Å². The molecule has 2 nitrogen and oxygen atoms in total. The number of nitrogens with two attached hydrogens (primary N) is 1. The van der Waals surface area contributed by atoms with Gasteiger partial charge in [0.25, 0.3) is 0 Å². The molecule has 0 atom stereocenters. The molecular weight excluding hydrogens is 399 g/mol. The summed E-state index contributed by atoms with van der Waals surface area (Å²) in [4.78, 5) is 0. The molecule has 3 rings (SSSR count). The molecule has 3 N–H and O–H groups in total. The second-order valence-corrected chi connectivity index (χ2v) is 6.33. The number of hydrogen-bond acceptors (Lipinski definition) is 2. The second-order valence-electron chi connectivity index (χ2n) is 4.62. The van der Waals surface area contributed by atoms with Crippen molar-refractivity contribution in [2.24, 2.45) is 0 Å². The summed E-state index contributed by atoms with van der Waals surface area (Å²) in [5.74, 6) is -0.354. The molecule has 3 aromatic rings. The fourth-order valence-corrected chi connectivity index (χ4v) is 3.03. The van der Waals surface area contributed by atoms with E-state index in [0.29, 0.717) is 15.8 Å². The van der Waals surface area contributed by atoms with Gasteiger partial charge in [0.05, 0.1) is 15.8 Å². The van der Waals surface area contributed by atoms with E-state index in [0.717, 1.165) is 20.9 Å². The summed E-state index contributed by atoms with van der Waals surface area (Å²) in [6, 6.07) is 14.8. The Bertz CT molecular complexity index is 834. The van der Waals surface area contributed by atoms with Gasteiger partial charge in [0.2, 0.25) is 0 Å². The first kappa shape index (κ1) is 14.4. The summed E-state index contributed by atoms with van der Waals surface area (Å²) in [6.07, 6.45) is 0. The Morgan fingerprint density at radius 3 is 2.33 bits per heavy atom. The number of hydrogen-bond donors (Lipinski definition) is 2. The van der Waals surface area contributed by atoms with Crippen molar-refractivity contribution in [3.05, 3.63) is 63.3 Å². The van der Waals surface area contributed by atoms with E-state index in [1.165, 1.54) is 6.07 Å². The standard InChI is InChI=1S/C16H11Br2FN2/c17-11-5-6-15(10-4-2-1-3-9(10)11)21-16-8-13(19)12(18)7-14(16)20/h1-8,21H,20H2. The van der Waals surface area contributed by atoms with Crippen LogP contribution in [0.1, 0.15) is 0 Å². The van der Waals surface area contributed by atoms with Gasteiger partial charge in [0.1, 0.15) is 5.82 Å². The Kier molecular flexibility index (Phi) is 3.87. The lowest BCUT2D eigenvalue weighted by Crippen LogP contribution is -1.98. The molecule has 0 unspecified atom stereocenters. The second kappa shape index (κ2) is 5.66. The fraction of sp³-hybridized carbons (Fsp3) is 0. The van der Waals surface area contributed by atoms with Crippen LogP contribution in [-0.2, 0) is 0 Å². The van der Waals surface area contributed by atoms with Crippen molar-refractivity contribution in [3.8, 4) is 0 Å². The Hall–Kier alpha value is -1.59. The van der Waals surface area contributed by atoms with E-state index in [4.69, 9.17) is 5.73 Å².